The number of carboxylic acids is 1. The number of benzene rings is 1. The topological polar surface area (TPSA) is 128 Å². The third-order valence-electron chi connectivity index (χ3n) is 4.44. The lowest BCUT2D eigenvalue weighted by Crippen LogP contribution is -2.45. The number of aliphatic carboxylic acids is 1. The van der Waals surface area contributed by atoms with E-state index < -0.39 is 11.5 Å². The Morgan fingerprint density at radius 1 is 1.31 bits per heavy atom. The van der Waals surface area contributed by atoms with Gasteiger partial charge in [0.25, 0.3) is 0 Å². The molecule has 0 spiro atoms. The van der Waals surface area contributed by atoms with Gasteiger partial charge in [-0.2, -0.15) is 4.98 Å². The standard InChI is InChI=1S/C20H21N3O6/c1-20(11-18(25)26,14-4-3-5-15(10-14)27-2)22-16(24)6-7-17-21-19(23-29-17)13-8-9-28-12-13/h3-5,8-10,12H,6-7,11H2,1-2H3,(H,22,24)(H,25,26). The number of amides is 1. The molecular formula is C20H21N3O6. The molecule has 0 radical (unpaired) electrons. The van der Waals surface area contributed by atoms with Crippen LogP contribution in [0, 0.1) is 0 Å². The second-order valence-corrected chi connectivity index (χ2v) is 6.71. The molecule has 1 aromatic carbocycles. The molecule has 152 valence electrons. The molecule has 0 saturated carbocycles. The first-order valence-corrected chi connectivity index (χ1v) is 8.92. The monoisotopic (exact) mass is 399 g/mol. The first-order chi connectivity index (χ1) is 13.9. The summed E-state index contributed by atoms with van der Waals surface area (Å²) in [4.78, 5) is 28.2. The highest BCUT2D eigenvalue weighted by Crippen LogP contribution is 2.28. The molecule has 9 nitrogen and oxygen atoms in total. The number of ether oxygens (including phenoxy) is 1. The van der Waals surface area contributed by atoms with E-state index in [9.17, 15) is 14.7 Å². The zero-order valence-corrected chi connectivity index (χ0v) is 16.0. The van der Waals surface area contributed by atoms with E-state index in [4.69, 9.17) is 13.7 Å². The number of nitrogens with zero attached hydrogens (tertiary/aromatic N) is 2. The van der Waals surface area contributed by atoms with Crippen LogP contribution >= 0.6 is 0 Å². The van der Waals surface area contributed by atoms with Gasteiger partial charge < -0.3 is 24.1 Å². The van der Waals surface area contributed by atoms with E-state index in [1.165, 1.54) is 19.6 Å². The minimum Gasteiger partial charge on any atom is -0.497 e. The Morgan fingerprint density at radius 3 is 2.83 bits per heavy atom. The van der Waals surface area contributed by atoms with Gasteiger partial charge in [-0.1, -0.05) is 17.3 Å². The van der Waals surface area contributed by atoms with Crippen LogP contribution in [0.2, 0.25) is 0 Å². The summed E-state index contributed by atoms with van der Waals surface area (Å²) >= 11 is 0. The van der Waals surface area contributed by atoms with E-state index in [-0.39, 0.29) is 25.2 Å². The molecule has 0 aliphatic carbocycles. The number of aromatic nitrogens is 2. The van der Waals surface area contributed by atoms with Crippen molar-refractivity contribution in [2.45, 2.75) is 31.7 Å². The largest absolute Gasteiger partial charge is 0.497 e. The number of carbonyl (C=O) groups excluding carboxylic acids is 1. The van der Waals surface area contributed by atoms with Gasteiger partial charge in [-0.3, -0.25) is 9.59 Å². The molecule has 0 saturated heterocycles. The highest BCUT2D eigenvalue weighted by Gasteiger charge is 2.32. The van der Waals surface area contributed by atoms with E-state index in [0.29, 0.717) is 28.6 Å². The SMILES string of the molecule is COc1cccc(C(C)(CC(=O)O)NC(=O)CCc2nc(-c3ccoc3)no2)c1. The Hall–Kier alpha value is -3.62. The maximum absolute atomic E-state index is 12.5. The first-order valence-electron chi connectivity index (χ1n) is 8.92. The van der Waals surface area contributed by atoms with E-state index in [2.05, 4.69) is 15.5 Å². The Balaban J connectivity index is 1.67. The van der Waals surface area contributed by atoms with Gasteiger partial charge in [-0.25, -0.2) is 0 Å². The molecule has 1 atom stereocenters. The van der Waals surface area contributed by atoms with Crippen LogP contribution < -0.4 is 10.1 Å². The van der Waals surface area contributed by atoms with Crippen molar-refractivity contribution in [1.29, 1.82) is 0 Å². The van der Waals surface area contributed by atoms with Crippen molar-refractivity contribution in [3.8, 4) is 17.1 Å². The van der Waals surface area contributed by atoms with Crippen molar-refractivity contribution < 1.29 is 28.4 Å². The van der Waals surface area contributed by atoms with E-state index >= 15 is 0 Å². The third kappa shape index (κ3) is 5.01. The van der Waals surface area contributed by atoms with Crippen LogP contribution in [-0.4, -0.2) is 34.2 Å². The summed E-state index contributed by atoms with van der Waals surface area (Å²) in [5, 5.41) is 16.0. The number of rotatable bonds is 9. The quantitative estimate of drug-likeness (QED) is 0.562. The summed E-state index contributed by atoms with van der Waals surface area (Å²) in [6.07, 6.45) is 2.99. The molecule has 0 fully saturated rings. The van der Waals surface area contributed by atoms with Crippen LogP contribution in [0.5, 0.6) is 5.75 Å². The number of hydrogen-bond donors (Lipinski definition) is 2. The zero-order valence-electron chi connectivity index (χ0n) is 16.0. The molecular weight excluding hydrogens is 378 g/mol. The van der Waals surface area contributed by atoms with Crippen LogP contribution in [0.15, 0.2) is 51.8 Å². The summed E-state index contributed by atoms with van der Waals surface area (Å²) in [7, 11) is 1.52. The smallest absolute Gasteiger partial charge is 0.306 e. The maximum Gasteiger partial charge on any atom is 0.306 e. The van der Waals surface area contributed by atoms with Crippen LogP contribution in [0.25, 0.3) is 11.4 Å². The number of furan rings is 1. The molecule has 3 aromatic rings. The van der Waals surface area contributed by atoms with Gasteiger partial charge in [-0.05, 0) is 30.7 Å². The van der Waals surface area contributed by atoms with E-state index in [0.717, 1.165) is 0 Å². The summed E-state index contributed by atoms with van der Waals surface area (Å²) in [5.74, 6) is -0.109. The van der Waals surface area contributed by atoms with Crippen LogP contribution in [0.3, 0.4) is 0 Å². The Bertz CT molecular complexity index is 982. The molecule has 9 heteroatoms. The average molecular weight is 399 g/mol. The highest BCUT2D eigenvalue weighted by molar-refractivity contribution is 5.79. The van der Waals surface area contributed by atoms with Gasteiger partial charge in [-0.15, -0.1) is 0 Å². The maximum atomic E-state index is 12.5. The fourth-order valence-corrected chi connectivity index (χ4v) is 2.94. The Labute approximate surface area is 166 Å². The summed E-state index contributed by atoms with van der Waals surface area (Å²) in [6.45, 7) is 1.66. The Kier molecular flexibility index (Phi) is 5.96. The Morgan fingerprint density at radius 2 is 2.14 bits per heavy atom. The second kappa shape index (κ2) is 8.59. The number of carboxylic acid groups (broad SMARTS) is 1. The molecule has 2 aromatic heterocycles. The van der Waals surface area contributed by atoms with Gasteiger partial charge in [0, 0.05) is 12.8 Å². The molecule has 1 unspecified atom stereocenters. The van der Waals surface area contributed by atoms with Crippen molar-refractivity contribution in [3.05, 3.63) is 54.3 Å². The van der Waals surface area contributed by atoms with Gasteiger partial charge in [0.05, 0.1) is 30.9 Å². The molecule has 3 rings (SSSR count). The zero-order chi connectivity index (χ0) is 20.9. The minimum atomic E-state index is -1.10. The number of carbonyl (C=O) groups is 2. The fraction of sp³-hybridized carbons (Fsp3) is 0.300. The molecule has 0 bridgehead atoms. The predicted octanol–water partition coefficient (Wildman–Crippen LogP) is 2.78. The predicted molar refractivity (Wildman–Crippen MR) is 101 cm³/mol. The van der Waals surface area contributed by atoms with Crippen molar-refractivity contribution in [3.63, 3.8) is 0 Å². The van der Waals surface area contributed by atoms with Gasteiger partial charge >= 0.3 is 5.97 Å². The molecule has 0 aliphatic rings. The van der Waals surface area contributed by atoms with Crippen molar-refractivity contribution in [2.75, 3.05) is 7.11 Å². The molecule has 29 heavy (non-hydrogen) atoms. The lowest BCUT2D eigenvalue weighted by molar-refractivity contribution is -0.139. The molecule has 0 aliphatic heterocycles. The van der Waals surface area contributed by atoms with Gasteiger partial charge in [0.1, 0.15) is 12.0 Å². The molecule has 2 N–H and O–H groups in total. The van der Waals surface area contributed by atoms with Crippen LogP contribution in [0.1, 0.15) is 31.2 Å². The highest BCUT2D eigenvalue weighted by atomic mass is 16.5. The average Bonchev–Trinajstić information content (AvgIpc) is 3.37. The normalized spacial score (nSPS) is 12.9. The number of nitrogens with one attached hydrogen (secondary N) is 1. The molecule has 2 heterocycles. The van der Waals surface area contributed by atoms with Crippen LogP contribution in [0.4, 0.5) is 0 Å². The summed E-state index contributed by atoms with van der Waals surface area (Å²) in [5.41, 5.74) is 0.206. The lowest BCUT2D eigenvalue weighted by Gasteiger charge is -2.30. The van der Waals surface area contributed by atoms with Gasteiger partial charge in [0.15, 0.2) is 0 Å². The number of hydrogen-bond acceptors (Lipinski definition) is 7. The second-order valence-electron chi connectivity index (χ2n) is 6.71. The van der Waals surface area contributed by atoms with Crippen molar-refractivity contribution in [1.82, 2.24) is 15.5 Å². The van der Waals surface area contributed by atoms with E-state index in [1.54, 1.807) is 37.3 Å². The van der Waals surface area contributed by atoms with Crippen LogP contribution in [-0.2, 0) is 21.5 Å². The lowest BCUT2D eigenvalue weighted by atomic mass is 9.88. The summed E-state index contributed by atoms with van der Waals surface area (Å²) in [6, 6.07) is 8.65. The van der Waals surface area contributed by atoms with Crippen molar-refractivity contribution in [2.24, 2.45) is 0 Å². The molecule has 1 amide bonds. The first kappa shape index (κ1) is 20.1. The summed E-state index contributed by atoms with van der Waals surface area (Å²) < 4.78 is 15.3. The number of aryl methyl sites for hydroxylation is 1. The van der Waals surface area contributed by atoms with Gasteiger partial charge in [0.2, 0.25) is 17.6 Å². The number of methoxy groups -OCH3 is 1. The third-order valence-corrected chi connectivity index (χ3v) is 4.44. The van der Waals surface area contributed by atoms with Crippen molar-refractivity contribution >= 4 is 11.9 Å². The minimum absolute atomic E-state index is 0.0617. The van der Waals surface area contributed by atoms with E-state index in [1.807, 2.05) is 0 Å². The fourth-order valence-electron chi connectivity index (χ4n) is 2.94.